The summed E-state index contributed by atoms with van der Waals surface area (Å²) in [6.45, 7) is 4.50. The van der Waals surface area contributed by atoms with Crippen LogP contribution in [0.3, 0.4) is 0 Å². The van der Waals surface area contributed by atoms with E-state index in [4.69, 9.17) is 4.74 Å². The number of aromatic nitrogens is 2. The third kappa shape index (κ3) is 4.73. The average Bonchev–Trinajstić information content (AvgIpc) is 2.44. The molecule has 0 spiro atoms. The molecule has 1 heterocycles. The summed E-state index contributed by atoms with van der Waals surface area (Å²) in [5, 5.41) is 10.5. The van der Waals surface area contributed by atoms with Gasteiger partial charge in [-0.2, -0.15) is 10.3 Å². The topological polar surface area (TPSA) is 71.2 Å². The molecule has 1 aromatic rings. The second-order valence-corrected chi connectivity index (χ2v) is 5.22. The monoisotopic (exact) mass is 296 g/mol. The van der Waals surface area contributed by atoms with Crippen molar-refractivity contribution in [2.24, 2.45) is 4.99 Å². The minimum Gasteiger partial charge on any atom is -0.483 e. The number of nitriles is 1. The van der Waals surface area contributed by atoms with E-state index in [1.54, 1.807) is 11.8 Å². The molecule has 0 aliphatic carbocycles. The van der Waals surface area contributed by atoms with Crippen molar-refractivity contribution in [2.75, 3.05) is 18.6 Å². The molecule has 0 atom stereocenters. The van der Waals surface area contributed by atoms with Gasteiger partial charge in [0.25, 0.3) is 0 Å². The average molecular weight is 296 g/mol. The van der Waals surface area contributed by atoms with Gasteiger partial charge in [0, 0.05) is 5.75 Å². The van der Waals surface area contributed by atoms with Crippen molar-refractivity contribution < 1.29 is 4.74 Å². The van der Waals surface area contributed by atoms with E-state index in [2.05, 4.69) is 28.0 Å². The zero-order valence-electron chi connectivity index (χ0n) is 11.2. The molecule has 0 bridgehead atoms. The van der Waals surface area contributed by atoms with Gasteiger partial charge in [-0.1, -0.05) is 18.7 Å². The third-order valence-electron chi connectivity index (χ3n) is 1.99. The van der Waals surface area contributed by atoms with Gasteiger partial charge in [0.05, 0.1) is 6.61 Å². The van der Waals surface area contributed by atoms with Gasteiger partial charge < -0.3 is 4.74 Å². The SMILES string of the molecule is CCCSc1nc(N=COCC)c(C#N)c(SC)n1. The Morgan fingerprint density at radius 3 is 2.79 bits per heavy atom. The van der Waals surface area contributed by atoms with Crippen LogP contribution >= 0.6 is 23.5 Å². The highest BCUT2D eigenvalue weighted by molar-refractivity contribution is 7.99. The number of rotatable bonds is 7. The van der Waals surface area contributed by atoms with Crippen molar-refractivity contribution in [3.63, 3.8) is 0 Å². The lowest BCUT2D eigenvalue weighted by atomic mass is 10.3. The number of thioether (sulfide) groups is 2. The van der Waals surface area contributed by atoms with Gasteiger partial charge in [-0.05, 0) is 19.6 Å². The highest BCUT2D eigenvalue weighted by Crippen LogP contribution is 2.28. The molecule has 102 valence electrons. The van der Waals surface area contributed by atoms with Crippen molar-refractivity contribution in [1.29, 1.82) is 5.26 Å². The molecule has 0 N–H and O–H groups in total. The van der Waals surface area contributed by atoms with Gasteiger partial charge in [-0.25, -0.2) is 9.97 Å². The van der Waals surface area contributed by atoms with Gasteiger partial charge in [-0.15, -0.1) is 11.8 Å². The molecule has 0 unspecified atom stereocenters. The molecule has 1 aromatic heterocycles. The van der Waals surface area contributed by atoms with E-state index in [0.29, 0.717) is 28.2 Å². The molecule has 0 saturated heterocycles. The van der Waals surface area contributed by atoms with Crippen LogP contribution in [0.1, 0.15) is 25.8 Å². The van der Waals surface area contributed by atoms with E-state index in [1.807, 2.05) is 13.2 Å². The highest BCUT2D eigenvalue weighted by atomic mass is 32.2. The molecule has 0 aliphatic rings. The van der Waals surface area contributed by atoms with Crippen LogP contribution in [0.15, 0.2) is 15.2 Å². The summed E-state index contributed by atoms with van der Waals surface area (Å²) in [7, 11) is 0. The van der Waals surface area contributed by atoms with E-state index < -0.39 is 0 Å². The first-order valence-electron chi connectivity index (χ1n) is 5.89. The van der Waals surface area contributed by atoms with Crippen LogP contribution in [0.2, 0.25) is 0 Å². The van der Waals surface area contributed by atoms with Crippen molar-refractivity contribution in [3.05, 3.63) is 5.56 Å². The van der Waals surface area contributed by atoms with Crippen molar-refractivity contribution >= 4 is 35.7 Å². The second kappa shape index (κ2) is 8.77. The Balaban J connectivity index is 3.12. The fourth-order valence-electron chi connectivity index (χ4n) is 1.17. The van der Waals surface area contributed by atoms with E-state index >= 15 is 0 Å². The summed E-state index contributed by atoms with van der Waals surface area (Å²) >= 11 is 2.98. The van der Waals surface area contributed by atoms with Gasteiger partial charge in [0.15, 0.2) is 17.4 Å². The normalized spacial score (nSPS) is 10.6. The Hall–Kier alpha value is -1.26. The number of aliphatic imine (C=N–C) groups is 1. The van der Waals surface area contributed by atoms with Crippen LogP contribution < -0.4 is 0 Å². The summed E-state index contributed by atoms with van der Waals surface area (Å²) in [5.74, 6) is 1.31. The smallest absolute Gasteiger partial charge is 0.190 e. The largest absolute Gasteiger partial charge is 0.483 e. The Morgan fingerprint density at radius 1 is 1.42 bits per heavy atom. The van der Waals surface area contributed by atoms with Crippen LogP contribution in [0, 0.1) is 11.3 Å². The highest BCUT2D eigenvalue weighted by Gasteiger charge is 2.13. The molecule has 0 aromatic carbocycles. The maximum Gasteiger partial charge on any atom is 0.190 e. The second-order valence-electron chi connectivity index (χ2n) is 3.36. The van der Waals surface area contributed by atoms with Gasteiger partial charge >= 0.3 is 0 Å². The Morgan fingerprint density at radius 2 is 2.21 bits per heavy atom. The van der Waals surface area contributed by atoms with Crippen LogP contribution in [-0.4, -0.2) is 35.0 Å². The van der Waals surface area contributed by atoms with E-state index in [1.165, 1.54) is 18.2 Å². The third-order valence-corrected chi connectivity index (χ3v) is 3.73. The maximum atomic E-state index is 9.19. The molecule has 0 fully saturated rings. The zero-order valence-corrected chi connectivity index (χ0v) is 12.8. The first kappa shape index (κ1) is 15.8. The van der Waals surface area contributed by atoms with Gasteiger partial charge in [0.2, 0.25) is 0 Å². The summed E-state index contributed by atoms with van der Waals surface area (Å²) in [6, 6.07) is 2.10. The standard InChI is InChI=1S/C12H16N4OS2/c1-4-6-19-12-15-10(14-8-17-5-2)9(7-13)11(16-12)18-3/h8H,4-6H2,1-3H3. The van der Waals surface area contributed by atoms with E-state index in [0.717, 1.165) is 12.2 Å². The molecular formula is C12H16N4OS2. The number of nitrogens with zero attached hydrogens (tertiary/aromatic N) is 4. The fourth-order valence-corrected chi connectivity index (χ4v) is 2.44. The predicted octanol–water partition coefficient (Wildman–Crippen LogP) is 3.27. The molecule has 0 saturated carbocycles. The molecule has 0 radical (unpaired) electrons. The first-order chi connectivity index (χ1) is 9.26. The van der Waals surface area contributed by atoms with Crippen molar-refractivity contribution in [1.82, 2.24) is 9.97 Å². The van der Waals surface area contributed by atoms with Crippen LogP contribution in [0.5, 0.6) is 0 Å². The fraction of sp³-hybridized carbons (Fsp3) is 0.500. The Bertz CT molecular complexity index is 485. The quantitative estimate of drug-likeness (QED) is 0.253. The molecule has 19 heavy (non-hydrogen) atoms. The van der Waals surface area contributed by atoms with Crippen LogP contribution in [-0.2, 0) is 4.74 Å². The molecule has 7 heteroatoms. The van der Waals surface area contributed by atoms with Crippen molar-refractivity contribution in [3.8, 4) is 6.07 Å². The molecule has 1 rings (SSSR count). The van der Waals surface area contributed by atoms with Gasteiger partial charge in [-0.3, -0.25) is 0 Å². The molecule has 0 amide bonds. The van der Waals surface area contributed by atoms with Gasteiger partial charge in [0.1, 0.15) is 16.7 Å². The zero-order chi connectivity index (χ0) is 14.1. The minimum absolute atomic E-state index is 0.369. The Kier molecular flexibility index (Phi) is 7.30. The summed E-state index contributed by atoms with van der Waals surface area (Å²) < 4.78 is 5.06. The lowest BCUT2D eigenvalue weighted by Gasteiger charge is -2.05. The molecule has 5 nitrogen and oxygen atoms in total. The van der Waals surface area contributed by atoms with Crippen LogP contribution in [0.4, 0.5) is 5.82 Å². The first-order valence-corrected chi connectivity index (χ1v) is 8.10. The maximum absolute atomic E-state index is 9.19. The predicted molar refractivity (Wildman–Crippen MR) is 79.3 cm³/mol. The molecule has 0 aliphatic heterocycles. The lowest BCUT2D eigenvalue weighted by Crippen LogP contribution is -1.96. The lowest BCUT2D eigenvalue weighted by molar-refractivity contribution is 0.344. The van der Waals surface area contributed by atoms with E-state index in [-0.39, 0.29) is 0 Å². The van der Waals surface area contributed by atoms with Crippen LogP contribution in [0.25, 0.3) is 0 Å². The molecular weight excluding hydrogens is 280 g/mol. The van der Waals surface area contributed by atoms with Crippen molar-refractivity contribution in [2.45, 2.75) is 30.5 Å². The minimum atomic E-state index is 0.369. The number of ether oxygens (including phenoxy) is 1. The summed E-state index contributed by atoms with van der Waals surface area (Å²) in [4.78, 5) is 12.8. The summed E-state index contributed by atoms with van der Waals surface area (Å²) in [6.07, 6.45) is 4.25. The Labute approximate surface area is 121 Å². The summed E-state index contributed by atoms with van der Waals surface area (Å²) in [5.41, 5.74) is 0.393. The number of hydrogen-bond donors (Lipinski definition) is 0. The van der Waals surface area contributed by atoms with E-state index in [9.17, 15) is 5.26 Å². The number of hydrogen-bond acceptors (Lipinski definition) is 7.